The van der Waals surface area contributed by atoms with Gasteiger partial charge in [0.25, 0.3) is 5.91 Å². The zero-order chi connectivity index (χ0) is 13.9. The Morgan fingerprint density at radius 1 is 1.35 bits per heavy atom. The molecule has 1 aromatic rings. The van der Waals surface area contributed by atoms with Crippen LogP contribution in [0.1, 0.15) is 29.6 Å². The van der Waals surface area contributed by atoms with Crippen molar-refractivity contribution >= 4 is 18.3 Å². The molecule has 1 amide bonds. The molecule has 0 unspecified atom stereocenters. The molecule has 1 aliphatic rings. The zero-order valence-electron chi connectivity index (χ0n) is 10.8. The summed E-state index contributed by atoms with van der Waals surface area (Å²) in [7, 11) is 0. The van der Waals surface area contributed by atoms with Gasteiger partial charge in [0.05, 0.1) is 0 Å². The van der Waals surface area contributed by atoms with Crippen LogP contribution < -0.4 is 15.8 Å². The standard InChI is InChI=1S/C13H16F2N2O2.ClH/c14-12(15)19-10-4-2-9(3-5-10)11(18)17-8-13(16)6-1-7-13;/h2-5,12H,1,6-8,16H2,(H,17,18);1H. The van der Waals surface area contributed by atoms with Crippen molar-refractivity contribution in [1.29, 1.82) is 0 Å². The van der Waals surface area contributed by atoms with Crippen LogP contribution in [0, 0.1) is 0 Å². The van der Waals surface area contributed by atoms with E-state index in [2.05, 4.69) is 10.1 Å². The summed E-state index contributed by atoms with van der Waals surface area (Å²) in [4.78, 5) is 11.8. The van der Waals surface area contributed by atoms with Gasteiger partial charge in [0.1, 0.15) is 5.75 Å². The number of ether oxygens (including phenoxy) is 1. The summed E-state index contributed by atoms with van der Waals surface area (Å²) in [6, 6.07) is 5.55. The third kappa shape index (κ3) is 4.31. The van der Waals surface area contributed by atoms with Gasteiger partial charge in [-0.1, -0.05) is 0 Å². The molecule has 0 aromatic heterocycles. The molecule has 3 N–H and O–H groups in total. The molecular weight excluding hydrogens is 290 g/mol. The van der Waals surface area contributed by atoms with E-state index in [1.54, 1.807) is 0 Å². The lowest BCUT2D eigenvalue weighted by atomic mass is 9.78. The van der Waals surface area contributed by atoms with E-state index >= 15 is 0 Å². The minimum atomic E-state index is -2.87. The Bertz CT molecular complexity index is 450. The average molecular weight is 307 g/mol. The van der Waals surface area contributed by atoms with Crippen molar-refractivity contribution in [1.82, 2.24) is 5.32 Å². The van der Waals surface area contributed by atoms with Crippen LogP contribution in [0.25, 0.3) is 0 Å². The molecule has 0 spiro atoms. The fourth-order valence-electron chi connectivity index (χ4n) is 1.95. The second-order valence-electron chi connectivity index (χ2n) is 4.80. The van der Waals surface area contributed by atoms with Gasteiger partial charge >= 0.3 is 6.61 Å². The maximum absolute atomic E-state index is 12.0. The molecule has 0 atom stereocenters. The van der Waals surface area contributed by atoms with Crippen molar-refractivity contribution in [3.63, 3.8) is 0 Å². The Balaban J connectivity index is 0.00000200. The molecule has 0 bridgehead atoms. The van der Waals surface area contributed by atoms with E-state index < -0.39 is 6.61 Å². The Labute approximate surface area is 122 Å². The third-order valence-electron chi connectivity index (χ3n) is 3.29. The number of carbonyl (C=O) groups excluding carboxylic acids is 1. The van der Waals surface area contributed by atoms with Crippen LogP contribution in [0.3, 0.4) is 0 Å². The molecule has 1 aliphatic carbocycles. The van der Waals surface area contributed by atoms with E-state index in [9.17, 15) is 13.6 Å². The number of amides is 1. The number of halogens is 3. The Kier molecular flexibility index (Phi) is 5.71. The second-order valence-corrected chi connectivity index (χ2v) is 4.80. The molecule has 4 nitrogen and oxygen atoms in total. The van der Waals surface area contributed by atoms with Gasteiger partial charge in [-0.3, -0.25) is 4.79 Å². The van der Waals surface area contributed by atoms with Crippen molar-refractivity contribution in [3.05, 3.63) is 29.8 Å². The van der Waals surface area contributed by atoms with E-state index in [-0.39, 0.29) is 29.6 Å². The number of hydrogen-bond donors (Lipinski definition) is 2. The number of nitrogens with two attached hydrogens (primary N) is 1. The number of carbonyl (C=O) groups is 1. The molecule has 1 aromatic carbocycles. The largest absolute Gasteiger partial charge is 0.435 e. The second kappa shape index (κ2) is 6.85. The fraction of sp³-hybridized carbons (Fsp3) is 0.462. The Morgan fingerprint density at radius 3 is 2.40 bits per heavy atom. The molecule has 1 saturated carbocycles. The first-order valence-corrected chi connectivity index (χ1v) is 6.10. The van der Waals surface area contributed by atoms with Crippen LogP contribution in [-0.2, 0) is 0 Å². The summed E-state index contributed by atoms with van der Waals surface area (Å²) in [6.07, 6.45) is 2.91. The minimum Gasteiger partial charge on any atom is -0.435 e. The van der Waals surface area contributed by atoms with E-state index in [0.717, 1.165) is 19.3 Å². The highest BCUT2D eigenvalue weighted by molar-refractivity contribution is 5.94. The van der Waals surface area contributed by atoms with Crippen LogP contribution in [0.4, 0.5) is 8.78 Å². The lowest BCUT2D eigenvalue weighted by Gasteiger charge is -2.38. The molecule has 0 radical (unpaired) electrons. The highest BCUT2D eigenvalue weighted by atomic mass is 35.5. The maximum atomic E-state index is 12.0. The molecular formula is C13H17ClF2N2O2. The highest BCUT2D eigenvalue weighted by Crippen LogP contribution is 2.28. The number of hydrogen-bond acceptors (Lipinski definition) is 3. The SMILES string of the molecule is Cl.NC1(CNC(=O)c2ccc(OC(F)F)cc2)CCC1. The van der Waals surface area contributed by atoms with Gasteiger partial charge in [-0.2, -0.15) is 8.78 Å². The van der Waals surface area contributed by atoms with Crippen LogP contribution >= 0.6 is 12.4 Å². The number of benzene rings is 1. The van der Waals surface area contributed by atoms with Gasteiger partial charge < -0.3 is 15.8 Å². The lowest BCUT2D eigenvalue weighted by Crippen LogP contribution is -2.54. The zero-order valence-corrected chi connectivity index (χ0v) is 11.6. The van der Waals surface area contributed by atoms with Gasteiger partial charge in [0.15, 0.2) is 0 Å². The van der Waals surface area contributed by atoms with Crippen molar-refractivity contribution in [3.8, 4) is 5.75 Å². The van der Waals surface area contributed by atoms with E-state index in [1.807, 2.05) is 0 Å². The van der Waals surface area contributed by atoms with E-state index in [1.165, 1.54) is 24.3 Å². The maximum Gasteiger partial charge on any atom is 0.387 e. The first-order chi connectivity index (χ1) is 8.98. The van der Waals surface area contributed by atoms with Crippen molar-refractivity contribution in [2.45, 2.75) is 31.4 Å². The minimum absolute atomic E-state index is 0. The smallest absolute Gasteiger partial charge is 0.387 e. The molecule has 7 heteroatoms. The van der Waals surface area contributed by atoms with Gasteiger partial charge in [0, 0.05) is 17.6 Å². The summed E-state index contributed by atoms with van der Waals surface area (Å²) >= 11 is 0. The van der Waals surface area contributed by atoms with Crippen molar-refractivity contribution < 1.29 is 18.3 Å². The Hall–Kier alpha value is -1.40. The van der Waals surface area contributed by atoms with Crippen molar-refractivity contribution in [2.75, 3.05) is 6.54 Å². The van der Waals surface area contributed by atoms with Gasteiger partial charge in [-0.05, 0) is 43.5 Å². The molecule has 2 rings (SSSR count). The van der Waals surface area contributed by atoms with Crippen molar-refractivity contribution in [2.24, 2.45) is 5.73 Å². The molecule has 0 aliphatic heterocycles. The number of rotatable bonds is 5. The van der Waals surface area contributed by atoms with Crippen LogP contribution in [0.5, 0.6) is 5.75 Å². The lowest BCUT2D eigenvalue weighted by molar-refractivity contribution is -0.0498. The van der Waals surface area contributed by atoms with Crippen LogP contribution in [0.15, 0.2) is 24.3 Å². The summed E-state index contributed by atoms with van der Waals surface area (Å²) in [6.45, 7) is -2.43. The van der Waals surface area contributed by atoms with Crippen LogP contribution in [0.2, 0.25) is 0 Å². The fourth-order valence-corrected chi connectivity index (χ4v) is 1.95. The third-order valence-corrected chi connectivity index (χ3v) is 3.29. The summed E-state index contributed by atoms with van der Waals surface area (Å²) in [5.41, 5.74) is 6.10. The van der Waals surface area contributed by atoms with E-state index in [0.29, 0.717) is 12.1 Å². The monoisotopic (exact) mass is 306 g/mol. The molecule has 112 valence electrons. The van der Waals surface area contributed by atoms with Gasteiger partial charge in [0.2, 0.25) is 0 Å². The summed E-state index contributed by atoms with van der Waals surface area (Å²) in [5.74, 6) is -0.235. The first kappa shape index (κ1) is 16.7. The summed E-state index contributed by atoms with van der Waals surface area (Å²) < 4.78 is 28.1. The first-order valence-electron chi connectivity index (χ1n) is 6.10. The summed E-state index contributed by atoms with van der Waals surface area (Å²) in [5, 5.41) is 2.75. The molecule has 1 fully saturated rings. The molecule has 20 heavy (non-hydrogen) atoms. The predicted octanol–water partition coefficient (Wildman–Crippen LogP) is 2.32. The topological polar surface area (TPSA) is 64.3 Å². The molecule has 0 heterocycles. The quantitative estimate of drug-likeness (QED) is 0.877. The number of nitrogens with one attached hydrogen (secondary N) is 1. The number of alkyl halides is 2. The van der Waals surface area contributed by atoms with E-state index in [4.69, 9.17) is 5.73 Å². The van der Waals surface area contributed by atoms with Crippen LogP contribution in [-0.4, -0.2) is 24.6 Å². The predicted molar refractivity (Wildman–Crippen MR) is 73.4 cm³/mol. The van der Waals surface area contributed by atoms with Gasteiger partial charge in [-0.25, -0.2) is 0 Å². The van der Waals surface area contributed by atoms with Gasteiger partial charge in [-0.15, -0.1) is 12.4 Å². The highest BCUT2D eigenvalue weighted by Gasteiger charge is 2.32. The normalized spacial score (nSPS) is 16.0. The average Bonchev–Trinajstić information content (AvgIpc) is 2.34. The molecule has 0 saturated heterocycles. The Morgan fingerprint density at radius 2 is 1.95 bits per heavy atom.